The van der Waals surface area contributed by atoms with Gasteiger partial charge in [0.1, 0.15) is 30.2 Å². The number of hydrogen-bond acceptors (Lipinski definition) is 9. The number of carbonyl (C=O) groups is 2. The van der Waals surface area contributed by atoms with Crippen LogP contribution in [0.5, 0.6) is 0 Å². The first kappa shape index (κ1) is 19.9. The second-order valence-corrected chi connectivity index (χ2v) is 5.19. The van der Waals surface area contributed by atoms with E-state index in [2.05, 4.69) is 20.3 Å². The van der Waals surface area contributed by atoms with E-state index in [1.54, 1.807) is 0 Å². The van der Waals surface area contributed by atoms with E-state index < -0.39 is 61.1 Å². The number of carboxylic acids is 1. The Bertz CT molecular complexity index is 526. The van der Waals surface area contributed by atoms with Crippen molar-refractivity contribution in [2.75, 3.05) is 6.61 Å². The van der Waals surface area contributed by atoms with Crippen molar-refractivity contribution >= 4 is 11.9 Å². The second kappa shape index (κ2) is 8.10. The van der Waals surface area contributed by atoms with Crippen LogP contribution in [0.25, 0.3) is 10.4 Å². The molecule has 1 heterocycles. The molecular weight excluding hydrogens is 332 g/mol. The third-order valence-electron chi connectivity index (χ3n) is 3.36. The van der Waals surface area contributed by atoms with Gasteiger partial charge in [0, 0.05) is 18.3 Å². The molecule has 0 bridgehead atoms. The number of aliphatic hydroxyl groups is 4. The van der Waals surface area contributed by atoms with Crippen molar-refractivity contribution in [1.29, 1.82) is 0 Å². The summed E-state index contributed by atoms with van der Waals surface area (Å²) in [5, 5.41) is 53.7. The van der Waals surface area contributed by atoms with Gasteiger partial charge in [-0.3, -0.25) is 4.79 Å². The number of rotatable bonds is 7. The lowest BCUT2D eigenvalue weighted by molar-refractivity contribution is -0.295. The average molecular weight is 350 g/mol. The van der Waals surface area contributed by atoms with Crippen LogP contribution in [-0.4, -0.2) is 80.3 Å². The van der Waals surface area contributed by atoms with E-state index in [0.717, 1.165) is 6.92 Å². The van der Waals surface area contributed by atoms with Crippen molar-refractivity contribution in [2.24, 2.45) is 5.28 Å². The van der Waals surface area contributed by atoms with E-state index in [1.807, 2.05) is 0 Å². The number of aliphatic carboxylic acids is 1. The molecular formula is C11H18N4O9. The highest BCUT2D eigenvalue weighted by Crippen LogP contribution is 2.30. The Balaban J connectivity index is 3.01. The summed E-state index contributed by atoms with van der Waals surface area (Å²) in [6.45, 7) is 0.425. The molecule has 13 heteroatoms. The minimum absolute atomic E-state index is 0.625. The molecule has 0 aromatic carbocycles. The molecule has 0 radical (unpaired) electrons. The minimum atomic E-state index is -2.83. The summed E-state index contributed by atoms with van der Waals surface area (Å²) in [5.74, 6) is -5.27. The molecule has 1 rings (SSSR count). The Kier molecular flexibility index (Phi) is 6.71. The number of aliphatic hydroxyl groups excluding tert-OH is 3. The number of carboxylic acid groups (broad SMARTS) is 1. The molecule has 1 amide bonds. The standard InChI is InChI=1S/C11H18N4O9/c1-4(16)13-7-5(17)2-11(22,10(20)21)24-9(7)8(19)6(18)3-23-15-14-12/h5-9,17-19,22H,2-3H2,1H3,(H,13,16)(H,20,21)/t5-,6+,7+,8+,9+,11?/m0/s1. The summed E-state index contributed by atoms with van der Waals surface area (Å²) >= 11 is 0. The van der Waals surface area contributed by atoms with Gasteiger partial charge in [-0.05, 0) is 5.53 Å². The quantitative estimate of drug-likeness (QED) is 0.122. The molecule has 1 saturated heterocycles. The van der Waals surface area contributed by atoms with E-state index in [9.17, 15) is 30.0 Å². The molecule has 0 spiro atoms. The lowest BCUT2D eigenvalue weighted by Gasteiger charge is -2.44. The number of nitrogens with zero attached hydrogens (tertiary/aromatic N) is 3. The van der Waals surface area contributed by atoms with Gasteiger partial charge in [-0.25, -0.2) is 4.79 Å². The maximum atomic E-state index is 11.2. The van der Waals surface area contributed by atoms with Crippen molar-refractivity contribution in [3.63, 3.8) is 0 Å². The van der Waals surface area contributed by atoms with Crippen molar-refractivity contribution in [3.05, 3.63) is 10.4 Å². The smallest absolute Gasteiger partial charge is 0.364 e. The lowest BCUT2D eigenvalue weighted by Crippen LogP contribution is -2.67. The second-order valence-electron chi connectivity index (χ2n) is 5.19. The molecule has 0 saturated carbocycles. The third kappa shape index (κ3) is 4.67. The molecule has 1 aliphatic rings. The molecule has 6 atom stereocenters. The van der Waals surface area contributed by atoms with Crippen LogP contribution in [0.15, 0.2) is 5.28 Å². The fraction of sp³-hybridized carbons (Fsp3) is 0.818. The number of azide groups is 1. The van der Waals surface area contributed by atoms with Gasteiger partial charge in [-0.15, -0.1) is 0 Å². The molecule has 0 aromatic heterocycles. The Morgan fingerprint density at radius 3 is 2.67 bits per heavy atom. The molecule has 0 aromatic rings. The molecule has 1 fully saturated rings. The fourth-order valence-corrected chi connectivity index (χ4v) is 2.26. The maximum Gasteiger partial charge on any atom is 0.364 e. The Morgan fingerprint density at radius 1 is 1.54 bits per heavy atom. The summed E-state index contributed by atoms with van der Waals surface area (Å²) in [6, 6.07) is -1.31. The van der Waals surface area contributed by atoms with Crippen LogP contribution in [0.4, 0.5) is 0 Å². The predicted octanol–water partition coefficient (Wildman–Crippen LogP) is -2.62. The third-order valence-corrected chi connectivity index (χ3v) is 3.36. The van der Waals surface area contributed by atoms with Gasteiger partial charge in [0.25, 0.3) is 5.79 Å². The highest BCUT2D eigenvalue weighted by molar-refractivity contribution is 5.76. The van der Waals surface area contributed by atoms with Gasteiger partial charge in [0.15, 0.2) is 0 Å². The van der Waals surface area contributed by atoms with Gasteiger partial charge in [-0.2, -0.15) is 0 Å². The molecule has 136 valence electrons. The Morgan fingerprint density at radius 2 is 2.17 bits per heavy atom. The zero-order valence-electron chi connectivity index (χ0n) is 12.5. The molecule has 0 aliphatic carbocycles. The molecule has 6 N–H and O–H groups in total. The van der Waals surface area contributed by atoms with Crippen LogP contribution in [0.1, 0.15) is 13.3 Å². The van der Waals surface area contributed by atoms with E-state index in [1.165, 1.54) is 0 Å². The van der Waals surface area contributed by atoms with Crippen LogP contribution >= 0.6 is 0 Å². The molecule has 1 unspecified atom stereocenters. The van der Waals surface area contributed by atoms with Gasteiger partial charge >= 0.3 is 5.97 Å². The monoisotopic (exact) mass is 350 g/mol. The summed E-state index contributed by atoms with van der Waals surface area (Å²) in [5.41, 5.74) is 8.06. The summed E-state index contributed by atoms with van der Waals surface area (Å²) in [6.07, 6.45) is -7.68. The lowest BCUT2D eigenvalue weighted by atomic mass is 9.88. The highest BCUT2D eigenvalue weighted by Gasteiger charge is 2.53. The van der Waals surface area contributed by atoms with Crippen LogP contribution in [0.3, 0.4) is 0 Å². The number of hydrogen-bond donors (Lipinski definition) is 6. The highest BCUT2D eigenvalue weighted by atomic mass is 16.7. The normalized spacial score (nSPS) is 32.1. The topological polar surface area (TPSA) is 215 Å². The predicted molar refractivity (Wildman–Crippen MR) is 72.8 cm³/mol. The van der Waals surface area contributed by atoms with Crippen LogP contribution in [0, 0.1) is 0 Å². The van der Waals surface area contributed by atoms with Crippen molar-refractivity contribution in [3.8, 4) is 0 Å². The SMILES string of the molecule is CC(=O)N[C@H]1[C@H]([C@H](O)[C@H](O)CON=[N+]=[N-])OC(O)(C(=O)O)C[C@@H]1O. The van der Waals surface area contributed by atoms with Crippen LogP contribution in [-0.2, 0) is 19.2 Å². The molecule has 24 heavy (non-hydrogen) atoms. The summed E-state index contributed by atoms with van der Waals surface area (Å²) < 4.78 is 4.92. The van der Waals surface area contributed by atoms with E-state index >= 15 is 0 Å². The maximum absolute atomic E-state index is 11.2. The largest absolute Gasteiger partial charge is 0.477 e. The number of ether oxygens (including phenoxy) is 1. The van der Waals surface area contributed by atoms with Crippen LogP contribution in [0.2, 0.25) is 0 Å². The molecule has 1 aliphatic heterocycles. The van der Waals surface area contributed by atoms with E-state index in [0.29, 0.717) is 0 Å². The summed E-state index contributed by atoms with van der Waals surface area (Å²) in [4.78, 5) is 28.9. The average Bonchev–Trinajstić information content (AvgIpc) is 2.48. The van der Waals surface area contributed by atoms with Gasteiger partial charge in [0.05, 0.1) is 12.1 Å². The zero-order chi connectivity index (χ0) is 18.5. The first-order valence-electron chi connectivity index (χ1n) is 6.73. The number of nitrogens with one attached hydrogen (secondary N) is 1. The van der Waals surface area contributed by atoms with Crippen LogP contribution < -0.4 is 5.32 Å². The number of carbonyl (C=O) groups excluding carboxylic acids is 1. The van der Waals surface area contributed by atoms with Gasteiger partial charge in [-0.1, -0.05) is 0 Å². The van der Waals surface area contributed by atoms with Gasteiger partial charge in [0.2, 0.25) is 5.91 Å². The number of amides is 1. The van der Waals surface area contributed by atoms with E-state index in [-0.39, 0.29) is 0 Å². The van der Waals surface area contributed by atoms with Crippen molar-refractivity contribution in [1.82, 2.24) is 5.32 Å². The summed E-state index contributed by atoms with van der Waals surface area (Å²) in [7, 11) is 0. The first-order chi connectivity index (χ1) is 11.1. The fourth-order valence-electron chi connectivity index (χ4n) is 2.26. The van der Waals surface area contributed by atoms with Crippen molar-refractivity contribution in [2.45, 2.75) is 49.6 Å². The molecule has 13 nitrogen and oxygen atoms in total. The van der Waals surface area contributed by atoms with E-state index in [4.69, 9.17) is 15.4 Å². The Labute approximate surface area is 135 Å². The van der Waals surface area contributed by atoms with Crippen molar-refractivity contribution < 1.29 is 44.7 Å². The zero-order valence-corrected chi connectivity index (χ0v) is 12.5. The Hall–Kier alpha value is -2.15. The van der Waals surface area contributed by atoms with Gasteiger partial charge < -0.3 is 40.4 Å². The first-order valence-corrected chi connectivity index (χ1v) is 6.73. The minimum Gasteiger partial charge on any atom is -0.477 e.